The van der Waals surface area contributed by atoms with E-state index in [-0.39, 0.29) is 25.2 Å². The lowest BCUT2D eigenvalue weighted by atomic mass is 10.00. The summed E-state index contributed by atoms with van der Waals surface area (Å²) in [5.41, 5.74) is 6.24. The van der Waals surface area contributed by atoms with Gasteiger partial charge >= 0.3 is 0 Å². The van der Waals surface area contributed by atoms with Crippen molar-refractivity contribution in [2.24, 2.45) is 17.6 Å². The molecule has 0 bridgehead atoms. The summed E-state index contributed by atoms with van der Waals surface area (Å²) >= 11 is 0. The lowest BCUT2D eigenvalue weighted by Crippen LogP contribution is -2.61. The summed E-state index contributed by atoms with van der Waals surface area (Å²) in [5, 5.41) is 34.7. The minimum Gasteiger partial charge on any atom is -0.394 e. The van der Waals surface area contributed by atoms with Gasteiger partial charge < -0.3 is 73.8 Å². The van der Waals surface area contributed by atoms with E-state index in [2.05, 4.69) is 53.2 Å². The first-order valence-electron chi connectivity index (χ1n) is 26.5. The third-order valence-corrected chi connectivity index (χ3v) is 13.2. The Balaban J connectivity index is 2.13. The molecule has 0 radical (unpaired) electrons. The molecule has 27 heteroatoms. The lowest BCUT2D eigenvalue weighted by Gasteiger charge is -2.31. The first kappa shape index (κ1) is 66.8. The average molecular weight is 1130 g/mol. The molecule has 0 saturated carbocycles. The number of nitrogens with one attached hydrogen (secondary N) is 10. The molecular weight excluding hydrogens is 1050 g/mol. The zero-order valence-electron chi connectivity index (χ0n) is 47.4. The van der Waals surface area contributed by atoms with E-state index in [0.29, 0.717) is 11.1 Å². The molecule has 13 amide bonds. The van der Waals surface area contributed by atoms with Crippen LogP contribution in [0.2, 0.25) is 0 Å². The van der Waals surface area contributed by atoms with E-state index >= 15 is 0 Å². The van der Waals surface area contributed by atoms with Crippen LogP contribution < -0.4 is 58.9 Å². The second-order valence-corrected chi connectivity index (χ2v) is 20.7. The quantitative estimate of drug-likeness (QED) is 0.0807. The molecule has 0 aliphatic carbocycles. The molecule has 0 aromatic heterocycles. The number of hydrogen-bond acceptors (Lipinski definition) is 14. The summed E-state index contributed by atoms with van der Waals surface area (Å²) in [6.07, 6.45) is -1.05. The number of rotatable bonds is 15. The number of aliphatic hydroxyl groups excluding tert-OH is 1. The molecular formula is C54H79N13O14. The van der Waals surface area contributed by atoms with Gasteiger partial charge in [-0.25, -0.2) is 0 Å². The van der Waals surface area contributed by atoms with E-state index in [1.165, 1.54) is 34.7 Å². The first-order chi connectivity index (χ1) is 38.0. The van der Waals surface area contributed by atoms with E-state index in [4.69, 9.17) is 5.73 Å². The number of carbonyl (C=O) groups is 13. The van der Waals surface area contributed by atoms with Crippen LogP contribution in [0.3, 0.4) is 0 Å². The zero-order chi connectivity index (χ0) is 60.8. The molecule has 444 valence electrons. The van der Waals surface area contributed by atoms with Crippen LogP contribution >= 0.6 is 0 Å². The fraction of sp³-hybridized carbons (Fsp3) is 0.537. The SMILES string of the molecule is CC(C)C[C@@H]1NC(=O)CNC(=O)[C@H](Cc2ccccc2)N(C)C(=O)[C@H](C)NC(=O)[C@H](C)NC(=O)C[C@H](C(=O)N(C)[C@@H](C)C(=O)N[C@@H](CO)C(=O)NCC(N)=O)NC(=O)[C@H](Cc2ccccc2)NC(=O)[C@H](C(C)C)NC(=O)[C@H](C)NC1=O. The van der Waals surface area contributed by atoms with Crippen molar-refractivity contribution >= 4 is 76.8 Å². The predicted molar refractivity (Wildman–Crippen MR) is 293 cm³/mol. The fourth-order valence-electron chi connectivity index (χ4n) is 8.27. The van der Waals surface area contributed by atoms with E-state index in [1.54, 1.807) is 88.4 Å². The van der Waals surface area contributed by atoms with Crippen LogP contribution in [0.1, 0.15) is 79.4 Å². The van der Waals surface area contributed by atoms with Gasteiger partial charge in [-0.2, -0.15) is 0 Å². The third kappa shape index (κ3) is 21.3. The van der Waals surface area contributed by atoms with E-state index in [0.717, 1.165) is 16.8 Å². The predicted octanol–water partition coefficient (Wildman–Crippen LogP) is -4.10. The molecule has 3 rings (SSSR count). The van der Waals surface area contributed by atoms with E-state index in [9.17, 15) is 67.4 Å². The number of likely N-dealkylation sites (N-methyl/N-ethyl adjacent to an activating group) is 2. The maximum atomic E-state index is 14.6. The van der Waals surface area contributed by atoms with Crippen molar-refractivity contribution in [1.29, 1.82) is 0 Å². The highest BCUT2D eigenvalue weighted by Crippen LogP contribution is 2.14. The number of aliphatic hydroxyl groups is 1. The van der Waals surface area contributed by atoms with Crippen molar-refractivity contribution in [1.82, 2.24) is 63.0 Å². The summed E-state index contributed by atoms with van der Waals surface area (Å²) in [7, 11) is 2.46. The van der Waals surface area contributed by atoms with E-state index < -0.39 is 169 Å². The van der Waals surface area contributed by atoms with Crippen molar-refractivity contribution in [3.05, 3.63) is 71.8 Å². The molecule has 13 N–H and O–H groups in total. The largest absolute Gasteiger partial charge is 0.394 e. The summed E-state index contributed by atoms with van der Waals surface area (Å²) < 4.78 is 0. The Hall–Kier alpha value is -8.49. The highest BCUT2D eigenvalue weighted by molar-refractivity contribution is 6.00. The Morgan fingerprint density at radius 1 is 0.654 bits per heavy atom. The van der Waals surface area contributed by atoms with Gasteiger partial charge in [0.25, 0.3) is 0 Å². The summed E-state index contributed by atoms with van der Waals surface area (Å²) in [6, 6.07) is 2.60. The Labute approximate surface area is 470 Å². The molecule has 0 unspecified atom stereocenters. The van der Waals surface area contributed by atoms with Crippen molar-refractivity contribution in [2.75, 3.05) is 33.8 Å². The standard InChI is InChI=1S/C54H79N13O14/c1-28(2)21-36-49(76)59-31(6)46(73)65-44(29(3)4)52(79)62-37(22-34-17-13-11-14-18-34)50(77)63-38(54(81)66(9)33(8)47(74)64-39(27-68)48(75)56-25-41(55)69)24-42(70)58-30(5)45(72)60-32(7)53(80)67(10)40(23-35-19-15-12-16-20-35)51(78)57-26-43(71)61-36/h11-20,28-33,36-40,44,68H,21-27H2,1-10H3,(H2,55,69)(H,56,75)(H,57,78)(H,58,70)(H,59,76)(H,60,72)(H,61,71)(H,62,79)(H,63,77)(H,64,74)(H,65,73)/t30-,31-,32-,33-,36-,37-,38+,39-,40-,44-/m0/s1. The minimum atomic E-state index is -1.86. The second kappa shape index (κ2) is 31.9. The molecule has 1 fully saturated rings. The molecule has 27 nitrogen and oxygen atoms in total. The Morgan fingerprint density at radius 3 is 1.75 bits per heavy atom. The van der Waals surface area contributed by atoms with Gasteiger partial charge in [-0.3, -0.25) is 62.3 Å². The van der Waals surface area contributed by atoms with Gasteiger partial charge in [-0.15, -0.1) is 0 Å². The van der Waals surface area contributed by atoms with Crippen LogP contribution in [0.15, 0.2) is 60.7 Å². The van der Waals surface area contributed by atoms with Crippen molar-refractivity contribution in [3.8, 4) is 0 Å². The van der Waals surface area contributed by atoms with Gasteiger partial charge in [0.1, 0.15) is 60.4 Å². The number of carbonyl (C=O) groups excluding carboxylic acids is 13. The van der Waals surface area contributed by atoms with Gasteiger partial charge in [0.2, 0.25) is 76.8 Å². The van der Waals surface area contributed by atoms with Crippen LogP contribution in [-0.2, 0) is 75.2 Å². The maximum Gasteiger partial charge on any atom is 0.246 e. The maximum absolute atomic E-state index is 14.6. The smallest absolute Gasteiger partial charge is 0.246 e. The monoisotopic (exact) mass is 1130 g/mol. The number of primary amides is 1. The van der Waals surface area contributed by atoms with Crippen molar-refractivity contribution in [2.45, 2.75) is 141 Å². The van der Waals surface area contributed by atoms with Crippen molar-refractivity contribution < 1.29 is 67.4 Å². The summed E-state index contributed by atoms with van der Waals surface area (Å²) in [5.74, 6) is -12.5. The van der Waals surface area contributed by atoms with E-state index in [1.807, 2.05) is 0 Å². The van der Waals surface area contributed by atoms with Crippen LogP contribution in [0.5, 0.6) is 0 Å². The van der Waals surface area contributed by atoms with Crippen LogP contribution in [-0.4, -0.2) is 186 Å². The Bertz CT molecular complexity index is 2590. The van der Waals surface area contributed by atoms with Gasteiger partial charge in [0, 0.05) is 26.9 Å². The molecule has 1 saturated heterocycles. The highest BCUT2D eigenvalue weighted by Gasteiger charge is 2.38. The van der Waals surface area contributed by atoms with Crippen LogP contribution in [0.25, 0.3) is 0 Å². The number of benzene rings is 2. The van der Waals surface area contributed by atoms with Crippen molar-refractivity contribution in [3.63, 3.8) is 0 Å². The lowest BCUT2D eigenvalue weighted by molar-refractivity contribution is -0.144. The molecule has 1 heterocycles. The normalized spacial score (nSPS) is 23.5. The second-order valence-electron chi connectivity index (χ2n) is 20.7. The molecule has 0 spiro atoms. The molecule has 2 aromatic carbocycles. The topological polar surface area (TPSA) is 395 Å². The Morgan fingerprint density at radius 2 is 1.20 bits per heavy atom. The fourth-order valence-corrected chi connectivity index (χ4v) is 8.27. The first-order valence-corrected chi connectivity index (χ1v) is 26.5. The molecule has 10 atom stereocenters. The number of amides is 13. The van der Waals surface area contributed by atoms with Crippen LogP contribution in [0, 0.1) is 11.8 Å². The number of nitrogens with two attached hydrogens (primary N) is 1. The summed E-state index contributed by atoms with van der Waals surface area (Å²) in [4.78, 5) is 179. The number of hydrogen-bond donors (Lipinski definition) is 12. The molecule has 1 aliphatic rings. The Kier molecular flexibility index (Phi) is 26.3. The van der Waals surface area contributed by atoms with Crippen LogP contribution in [0.4, 0.5) is 0 Å². The molecule has 1 aliphatic heterocycles. The zero-order valence-corrected chi connectivity index (χ0v) is 47.4. The van der Waals surface area contributed by atoms with Gasteiger partial charge in [0.15, 0.2) is 0 Å². The molecule has 81 heavy (non-hydrogen) atoms. The van der Waals surface area contributed by atoms with Gasteiger partial charge in [-0.05, 0) is 57.1 Å². The minimum absolute atomic E-state index is 0.0396. The average Bonchev–Trinajstić information content (AvgIpc) is 3.41. The number of nitrogens with zero attached hydrogens (tertiary/aromatic N) is 2. The molecule has 2 aromatic rings. The highest BCUT2D eigenvalue weighted by atomic mass is 16.3. The third-order valence-electron chi connectivity index (χ3n) is 13.2. The van der Waals surface area contributed by atoms with Gasteiger partial charge in [0.05, 0.1) is 26.1 Å². The van der Waals surface area contributed by atoms with Gasteiger partial charge in [-0.1, -0.05) is 88.4 Å². The summed E-state index contributed by atoms with van der Waals surface area (Å²) in [6.45, 7) is 9.79.